The first-order valence-electron chi connectivity index (χ1n) is 7.25. The van der Waals surface area contributed by atoms with Crippen molar-refractivity contribution in [2.75, 3.05) is 23.4 Å². The van der Waals surface area contributed by atoms with Crippen LogP contribution >= 0.6 is 11.8 Å². The third-order valence-electron chi connectivity index (χ3n) is 2.91. The molecule has 4 nitrogen and oxygen atoms in total. The van der Waals surface area contributed by atoms with Crippen LogP contribution in [0.2, 0.25) is 0 Å². The maximum atomic E-state index is 12.3. The van der Waals surface area contributed by atoms with Crippen molar-refractivity contribution in [3.63, 3.8) is 0 Å². The Bertz CT molecular complexity index is 412. The van der Waals surface area contributed by atoms with E-state index in [0.717, 1.165) is 36.6 Å². The highest BCUT2D eigenvalue weighted by atomic mass is 32.2. The van der Waals surface area contributed by atoms with Crippen molar-refractivity contribution in [1.29, 1.82) is 0 Å². The van der Waals surface area contributed by atoms with Gasteiger partial charge in [-0.05, 0) is 37.3 Å². The lowest BCUT2D eigenvalue weighted by Gasteiger charge is -2.15. The summed E-state index contributed by atoms with van der Waals surface area (Å²) < 4.78 is 0. The van der Waals surface area contributed by atoms with Crippen LogP contribution < -0.4 is 10.6 Å². The Hall–Kier alpha value is -1.23. The molecule has 1 heterocycles. The molecule has 0 aliphatic carbocycles. The highest BCUT2D eigenvalue weighted by molar-refractivity contribution is 7.99. The van der Waals surface area contributed by atoms with Gasteiger partial charge in [0.2, 0.25) is 0 Å². The van der Waals surface area contributed by atoms with Crippen molar-refractivity contribution in [2.45, 2.75) is 39.7 Å². The number of anilines is 1. The number of hydrogen-bond acceptors (Lipinski definition) is 4. The van der Waals surface area contributed by atoms with Crippen LogP contribution in [0.5, 0.6) is 0 Å². The predicted molar refractivity (Wildman–Crippen MR) is 87.6 cm³/mol. The average Bonchev–Trinajstić information content (AvgIpc) is 2.45. The fraction of sp³-hybridized carbons (Fsp3) is 0.600. The number of pyridine rings is 1. The highest BCUT2D eigenvalue weighted by Crippen LogP contribution is 2.14. The quantitative estimate of drug-likeness (QED) is 0.687. The minimum atomic E-state index is -0.0503. The minimum absolute atomic E-state index is 0.0503. The second-order valence-corrected chi connectivity index (χ2v) is 6.10. The Morgan fingerprint density at radius 3 is 2.95 bits per heavy atom. The van der Waals surface area contributed by atoms with Gasteiger partial charge in [-0.1, -0.05) is 13.8 Å². The summed E-state index contributed by atoms with van der Waals surface area (Å²) in [7, 11) is 0. The van der Waals surface area contributed by atoms with Crippen LogP contribution in [0.3, 0.4) is 0 Å². The van der Waals surface area contributed by atoms with E-state index in [2.05, 4.69) is 29.5 Å². The number of carbonyl (C=O) groups excluding carboxylic acids is 1. The Kier molecular flexibility index (Phi) is 8.11. The van der Waals surface area contributed by atoms with E-state index in [1.165, 1.54) is 0 Å². The molecule has 0 aromatic carbocycles. The molecule has 1 amide bonds. The molecule has 5 heteroatoms. The molecule has 0 bridgehead atoms. The molecule has 1 aromatic rings. The van der Waals surface area contributed by atoms with E-state index in [4.69, 9.17) is 0 Å². The summed E-state index contributed by atoms with van der Waals surface area (Å²) in [6.07, 6.45) is 5.34. The maximum Gasteiger partial charge on any atom is 0.255 e. The van der Waals surface area contributed by atoms with Crippen molar-refractivity contribution in [2.24, 2.45) is 0 Å². The molecule has 0 saturated carbocycles. The zero-order valence-corrected chi connectivity index (χ0v) is 13.4. The Morgan fingerprint density at radius 2 is 2.25 bits per heavy atom. The lowest BCUT2D eigenvalue weighted by atomic mass is 10.2. The Balaban J connectivity index is 2.57. The summed E-state index contributed by atoms with van der Waals surface area (Å²) in [5.74, 6) is 2.14. The number of amides is 1. The van der Waals surface area contributed by atoms with Crippen molar-refractivity contribution in [3.05, 3.63) is 24.0 Å². The molecule has 1 unspecified atom stereocenters. The number of carbonyl (C=O) groups is 1. The first kappa shape index (κ1) is 16.8. The largest absolute Gasteiger partial charge is 0.384 e. The third-order valence-corrected chi connectivity index (χ3v) is 3.84. The zero-order chi connectivity index (χ0) is 14.8. The fourth-order valence-corrected chi connectivity index (χ4v) is 2.58. The van der Waals surface area contributed by atoms with Gasteiger partial charge in [-0.3, -0.25) is 9.78 Å². The van der Waals surface area contributed by atoms with Gasteiger partial charge in [0.1, 0.15) is 0 Å². The monoisotopic (exact) mass is 295 g/mol. The van der Waals surface area contributed by atoms with E-state index in [-0.39, 0.29) is 11.9 Å². The van der Waals surface area contributed by atoms with Crippen LogP contribution in [0.1, 0.15) is 44.0 Å². The van der Waals surface area contributed by atoms with Gasteiger partial charge in [0.25, 0.3) is 5.91 Å². The van der Waals surface area contributed by atoms with E-state index < -0.39 is 0 Å². The molecule has 0 aliphatic rings. The van der Waals surface area contributed by atoms with Gasteiger partial charge in [0.05, 0.1) is 11.3 Å². The Labute approximate surface area is 126 Å². The van der Waals surface area contributed by atoms with Crippen molar-refractivity contribution in [3.8, 4) is 0 Å². The van der Waals surface area contributed by atoms with Gasteiger partial charge in [0.15, 0.2) is 0 Å². The van der Waals surface area contributed by atoms with Crippen LogP contribution in [0, 0.1) is 0 Å². The topological polar surface area (TPSA) is 54.0 Å². The fourth-order valence-electron chi connectivity index (χ4n) is 1.77. The first-order chi connectivity index (χ1) is 9.69. The van der Waals surface area contributed by atoms with Crippen LogP contribution in [0.25, 0.3) is 0 Å². The lowest BCUT2D eigenvalue weighted by Crippen LogP contribution is -2.33. The molecule has 20 heavy (non-hydrogen) atoms. The van der Waals surface area contributed by atoms with Crippen LogP contribution in [0.4, 0.5) is 5.69 Å². The van der Waals surface area contributed by atoms with Gasteiger partial charge in [-0.25, -0.2) is 0 Å². The number of rotatable bonds is 9. The summed E-state index contributed by atoms with van der Waals surface area (Å²) >= 11 is 1.90. The van der Waals surface area contributed by atoms with E-state index in [0.29, 0.717) is 5.56 Å². The molecule has 0 radical (unpaired) electrons. The van der Waals surface area contributed by atoms with Crippen LogP contribution in [-0.2, 0) is 0 Å². The van der Waals surface area contributed by atoms with Gasteiger partial charge in [0, 0.05) is 25.0 Å². The molecule has 112 valence electrons. The van der Waals surface area contributed by atoms with Crippen molar-refractivity contribution >= 4 is 23.4 Å². The summed E-state index contributed by atoms with van der Waals surface area (Å²) in [6.45, 7) is 7.15. The van der Waals surface area contributed by atoms with Gasteiger partial charge in [-0.2, -0.15) is 11.8 Å². The van der Waals surface area contributed by atoms with Crippen molar-refractivity contribution in [1.82, 2.24) is 10.3 Å². The third kappa shape index (κ3) is 5.82. The van der Waals surface area contributed by atoms with Crippen LogP contribution in [-0.4, -0.2) is 35.0 Å². The number of hydrogen-bond donors (Lipinski definition) is 2. The molecule has 1 aromatic heterocycles. The smallest absolute Gasteiger partial charge is 0.255 e. The van der Waals surface area contributed by atoms with E-state index in [1.807, 2.05) is 24.8 Å². The number of thioether (sulfide) groups is 1. The van der Waals surface area contributed by atoms with E-state index >= 15 is 0 Å². The summed E-state index contributed by atoms with van der Waals surface area (Å²) in [6, 6.07) is 2.03. The predicted octanol–water partition coefficient (Wildman–Crippen LogP) is 3.17. The molecule has 1 rings (SSSR count). The van der Waals surface area contributed by atoms with E-state index in [9.17, 15) is 4.79 Å². The lowest BCUT2D eigenvalue weighted by molar-refractivity contribution is 0.0940. The average molecular weight is 295 g/mol. The number of aromatic nitrogens is 1. The first-order valence-corrected chi connectivity index (χ1v) is 8.41. The molecule has 0 spiro atoms. The van der Waals surface area contributed by atoms with Crippen molar-refractivity contribution < 1.29 is 4.79 Å². The molecule has 2 N–H and O–H groups in total. The second kappa shape index (κ2) is 9.64. The van der Waals surface area contributed by atoms with Crippen LogP contribution in [0.15, 0.2) is 18.5 Å². The second-order valence-electron chi connectivity index (χ2n) is 4.71. The molecular formula is C15H25N3OS. The highest BCUT2D eigenvalue weighted by Gasteiger charge is 2.13. The minimum Gasteiger partial charge on any atom is -0.384 e. The van der Waals surface area contributed by atoms with E-state index in [1.54, 1.807) is 12.4 Å². The zero-order valence-electron chi connectivity index (χ0n) is 12.6. The maximum absolute atomic E-state index is 12.3. The summed E-state index contributed by atoms with van der Waals surface area (Å²) in [5.41, 5.74) is 1.48. The molecular weight excluding hydrogens is 270 g/mol. The summed E-state index contributed by atoms with van der Waals surface area (Å²) in [5, 5.41) is 6.30. The number of nitrogens with one attached hydrogen (secondary N) is 2. The Morgan fingerprint density at radius 1 is 1.45 bits per heavy atom. The molecule has 0 saturated heterocycles. The van der Waals surface area contributed by atoms with Gasteiger partial charge in [-0.15, -0.1) is 0 Å². The summed E-state index contributed by atoms with van der Waals surface area (Å²) in [4.78, 5) is 16.3. The normalized spacial score (nSPS) is 11.9. The number of nitrogens with zero attached hydrogens (tertiary/aromatic N) is 1. The van der Waals surface area contributed by atoms with Gasteiger partial charge >= 0.3 is 0 Å². The molecule has 0 fully saturated rings. The standard InChI is InChI=1S/C15H25N3OS/c1-4-8-17-14-6-9-16-11-13(14)15(19)18-12(3)7-10-20-5-2/h6,9,11-12H,4-5,7-8,10H2,1-3H3,(H,16,17)(H,18,19). The van der Waals surface area contributed by atoms with Gasteiger partial charge < -0.3 is 10.6 Å². The molecule has 1 atom stereocenters. The molecule has 0 aliphatic heterocycles. The SMILES string of the molecule is CCCNc1ccncc1C(=O)NC(C)CCSCC.